The van der Waals surface area contributed by atoms with Gasteiger partial charge in [0.2, 0.25) is 5.91 Å². The van der Waals surface area contributed by atoms with Crippen LogP contribution in [-0.4, -0.2) is 43.1 Å². The number of carbonyl (C=O) groups is 2. The minimum atomic E-state index is -1.08. The summed E-state index contributed by atoms with van der Waals surface area (Å²) in [6.07, 6.45) is 4.28. The summed E-state index contributed by atoms with van der Waals surface area (Å²) in [4.78, 5) is 37.5. The Morgan fingerprint density at radius 2 is 1.61 bits per heavy atom. The first kappa shape index (κ1) is 26.2. The predicted molar refractivity (Wildman–Crippen MR) is 142 cm³/mol. The minimum Gasteiger partial charge on any atom is -0.497 e. The number of hydrogen-bond acceptors (Lipinski definition) is 7. The quantitative estimate of drug-likeness (QED) is 0.340. The van der Waals surface area contributed by atoms with Crippen molar-refractivity contribution in [1.82, 2.24) is 15.3 Å². The van der Waals surface area contributed by atoms with E-state index in [1.165, 1.54) is 37.7 Å². The highest BCUT2D eigenvalue weighted by atomic mass is 16.5. The van der Waals surface area contributed by atoms with Crippen molar-refractivity contribution in [3.63, 3.8) is 0 Å². The van der Waals surface area contributed by atoms with Crippen LogP contribution in [-0.2, 0) is 11.3 Å². The monoisotopic (exact) mass is 512 g/mol. The minimum absolute atomic E-state index is 0.0876. The van der Waals surface area contributed by atoms with E-state index in [1.807, 2.05) is 30.3 Å². The second-order valence-electron chi connectivity index (χ2n) is 8.18. The number of nitrogens with zero attached hydrogens (tertiary/aromatic N) is 3. The second-order valence-corrected chi connectivity index (χ2v) is 8.18. The van der Waals surface area contributed by atoms with Crippen molar-refractivity contribution in [3.8, 4) is 17.2 Å². The summed E-state index contributed by atoms with van der Waals surface area (Å²) < 4.78 is 16.2. The van der Waals surface area contributed by atoms with Gasteiger partial charge in [-0.1, -0.05) is 36.4 Å². The van der Waals surface area contributed by atoms with Gasteiger partial charge in [-0.15, -0.1) is 0 Å². The van der Waals surface area contributed by atoms with Crippen LogP contribution in [0.4, 0.5) is 5.69 Å². The van der Waals surface area contributed by atoms with E-state index in [0.29, 0.717) is 28.5 Å². The van der Waals surface area contributed by atoms with Gasteiger partial charge in [0.25, 0.3) is 5.91 Å². The van der Waals surface area contributed by atoms with Crippen LogP contribution in [0.15, 0.2) is 91.4 Å². The van der Waals surface area contributed by atoms with Gasteiger partial charge in [0, 0.05) is 24.6 Å². The maximum atomic E-state index is 13.9. The maximum absolute atomic E-state index is 13.9. The van der Waals surface area contributed by atoms with Crippen LogP contribution in [0.2, 0.25) is 0 Å². The van der Waals surface area contributed by atoms with E-state index < -0.39 is 17.9 Å². The first-order valence-corrected chi connectivity index (χ1v) is 11.8. The van der Waals surface area contributed by atoms with E-state index in [0.717, 1.165) is 5.56 Å². The lowest BCUT2D eigenvalue weighted by Crippen LogP contribution is -2.44. The number of nitrogens with one attached hydrogen (secondary N) is 1. The summed E-state index contributed by atoms with van der Waals surface area (Å²) >= 11 is 0. The van der Waals surface area contributed by atoms with E-state index >= 15 is 0 Å². The molecule has 9 heteroatoms. The third-order valence-corrected chi connectivity index (χ3v) is 5.89. The van der Waals surface area contributed by atoms with E-state index in [1.54, 1.807) is 49.6 Å². The fourth-order valence-corrected chi connectivity index (χ4v) is 3.98. The molecule has 1 N–H and O–H groups in total. The van der Waals surface area contributed by atoms with Crippen LogP contribution >= 0.6 is 0 Å². The lowest BCUT2D eigenvalue weighted by Gasteiger charge is -2.31. The molecule has 4 rings (SSSR count). The molecule has 1 heterocycles. The van der Waals surface area contributed by atoms with Crippen LogP contribution in [0.5, 0.6) is 17.2 Å². The van der Waals surface area contributed by atoms with Gasteiger partial charge in [-0.25, -0.2) is 4.98 Å². The number of amides is 2. The van der Waals surface area contributed by atoms with Crippen molar-refractivity contribution in [3.05, 3.63) is 108 Å². The predicted octanol–water partition coefficient (Wildman–Crippen LogP) is 4.21. The van der Waals surface area contributed by atoms with Crippen LogP contribution in [0, 0.1) is 0 Å². The molecule has 0 saturated heterocycles. The number of methoxy groups -OCH3 is 3. The fourth-order valence-electron chi connectivity index (χ4n) is 3.98. The van der Waals surface area contributed by atoms with Gasteiger partial charge in [0.15, 0.2) is 11.5 Å². The van der Waals surface area contributed by atoms with Gasteiger partial charge in [-0.05, 0) is 47.5 Å². The first-order chi connectivity index (χ1) is 18.5. The van der Waals surface area contributed by atoms with Crippen LogP contribution < -0.4 is 24.4 Å². The molecule has 0 spiro atoms. The molecule has 38 heavy (non-hydrogen) atoms. The zero-order valence-electron chi connectivity index (χ0n) is 21.3. The summed E-state index contributed by atoms with van der Waals surface area (Å²) in [6.45, 7) is 0.277. The Balaban J connectivity index is 1.83. The molecule has 0 bridgehead atoms. The molecule has 1 unspecified atom stereocenters. The van der Waals surface area contributed by atoms with Gasteiger partial charge in [-0.2, -0.15) is 0 Å². The Bertz CT molecular complexity index is 1370. The molecule has 4 aromatic rings. The number of anilines is 1. The highest BCUT2D eigenvalue weighted by Gasteiger charge is 2.34. The molecule has 1 atom stereocenters. The molecular formula is C29H28N4O5. The second kappa shape index (κ2) is 12.4. The lowest BCUT2D eigenvalue weighted by atomic mass is 10.0. The summed E-state index contributed by atoms with van der Waals surface area (Å²) in [5, 5.41) is 2.98. The van der Waals surface area contributed by atoms with Gasteiger partial charge in [0.05, 0.1) is 27.5 Å². The van der Waals surface area contributed by atoms with Crippen LogP contribution in [0.25, 0.3) is 0 Å². The van der Waals surface area contributed by atoms with Crippen molar-refractivity contribution in [2.45, 2.75) is 12.6 Å². The highest BCUT2D eigenvalue weighted by molar-refractivity contribution is 6.09. The molecule has 194 valence electrons. The molecular weight excluding hydrogens is 484 g/mol. The fraction of sp³-hybridized carbons (Fsp3) is 0.172. The van der Waals surface area contributed by atoms with Gasteiger partial charge in [0.1, 0.15) is 17.5 Å². The Morgan fingerprint density at radius 3 is 2.24 bits per heavy atom. The first-order valence-electron chi connectivity index (χ1n) is 11.8. The topological polar surface area (TPSA) is 103 Å². The number of ether oxygens (including phenoxy) is 3. The number of carbonyl (C=O) groups excluding carboxylic acids is 2. The van der Waals surface area contributed by atoms with Crippen molar-refractivity contribution >= 4 is 17.5 Å². The van der Waals surface area contributed by atoms with Gasteiger partial charge >= 0.3 is 0 Å². The summed E-state index contributed by atoms with van der Waals surface area (Å²) in [6, 6.07) is 20.4. The zero-order chi connectivity index (χ0) is 26.9. The largest absolute Gasteiger partial charge is 0.497 e. The third-order valence-electron chi connectivity index (χ3n) is 5.89. The molecule has 9 nitrogen and oxygen atoms in total. The average molecular weight is 513 g/mol. The molecule has 2 amide bonds. The molecule has 0 radical (unpaired) electrons. The molecule has 0 aliphatic rings. The Morgan fingerprint density at radius 1 is 0.868 bits per heavy atom. The van der Waals surface area contributed by atoms with Crippen molar-refractivity contribution in [1.29, 1.82) is 0 Å². The third kappa shape index (κ3) is 5.89. The molecule has 0 saturated carbocycles. The normalized spacial score (nSPS) is 11.2. The van der Waals surface area contributed by atoms with Crippen LogP contribution in [0.3, 0.4) is 0 Å². The average Bonchev–Trinajstić information content (AvgIpc) is 2.99. The molecule has 3 aromatic carbocycles. The SMILES string of the molecule is COc1ccc(N(C(=O)c2cnccn2)C(C(=O)NCc2ccccc2)c2ccc(OC)c(OC)c2)cc1. The van der Waals surface area contributed by atoms with Gasteiger partial charge in [-0.3, -0.25) is 19.5 Å². The van der Waals surface area contributed by atoms with E-state index in [-0.39, 0.29) is 12.2 Å². The van der Waals surface area contributed by atoms with E-state index in [2.05, 4.69) is 15.3 Å². The number of aromatic nitrogens is 2. The van der Waals surface area contributed by atoms with Crippen LogP contribution in [0.1, 0.15) is 27.7 Å². The van der Waals surface area contributed by atoms with E-state index in [9.17, 15) is 9.59 Å². The Kier molecular flexibility index (Phi) is 8.50. The van der Waals surface area contributed by atoms with Crippen molar-refractivity contribution in [2.75, 3.05) is 26.2 Å². The molecule has 0 aliphatic carbocycles. The Labute approximate surface area is 221 Å². The summed E-state index contributed by atoms with van der Waals surface area (Å²) in [7, 11) is 4.60. The van der Waals surface area contributed by atoms with Gasteiger partial charge < -0.3 is 19.5 Å². The maximum Gasteiger partial charge on any atom is 0.279 e. The molecule has 0 aliphatic heterocycles. The Hall–Kier alpha value is -4.92. The number of benzene rings is 3. The lowest BCUT2D eigenvalue weighted by molar-refractivity contribution is -0.122. The number of hydrogen-bond donors (Lipinski definition) is 1. The number of rotatable bonds is 10. The zero-order valence-corrected chi connectivity index (χ0v) is 21.3. The summed E-state index contributed by atoms with van der Waals surface area (Å²) in [5.74, 6) is 0.632. The van der Waals surface area contributed by atoms with Crippen molar-refractivity contribution in [2.24, 2.45) is 0 Å². The standard InChI is InChI=1S/C29H28N4O5/c1-36-23-12-10-22(11-13-23)33(29(35)24-19-30-15-16-31-24)27(21-9-14-25(37-2)26(17-21)38-3)28(34)32-18-20-7-5-4-6-8-20/h4-17,19,27H,18H2,1-3H3,(H,32,34). The van der Waals surface area contributed by atoms with E-state index in [4.69, 9.17) is 14.2 Å². The smallest absolute Gasteiger partial charge is 0.279 e. The highest BCUT2D eigenvalue weighted by Crippen LogP contribution is 2.35. The molecule has 1 aromatic heterocycles. The molecule has 0 fully saturated rings. The summed E-state index contributed by atoms with van der Waals surface area (Å²) in [5.41, 5.74) is 1.99. The van der Waals surface area contributed by atoms with Crippen molar-refractivity contribution < 1.29 is 23.8 Å².